The lowest BCUT2D eigenvalue weighted by molar-refractivity contribution is 0.0953. The van der Waals surface area contributed by atoms with Gasteiger partial charge in [0.05, 0.1) is 6.04 Å². The summed E-state index contributed by atoms with van der Waals surface area (Å²) in [5.41, 5.74) is 2.75. The maximum atomic E-state index is 13.5. The van der Waals surface area contributed by atoms with Gasteiger partial charge in [0.15, 0.2) is 0 Å². The van der Waals surface area contributed by atoms with Crippen molar-refractivity contribution < 1.29 is 18.4 Å². The second kappa shape index (κ2) is 9.43. The van der Waals surface area contributed by atoms with Crippen LogP contribution in [0, 0.1) is 12.7 Å². The van der Waals surface area contributed by atoms with E-state index in [-0.39, 0.29) is 24.3 Å². The van der Waals surface area contributed by atoms with Crippen molar-refractivity contribution in [3.63, 3.8) is 0 Å². The van der Waals surface area contributed by atoms with E-state index in [0.29, 0.717) is 28.8 Å². The summed E-state index contributed by atoms with van der Waals surface area (Å²) in [5, 5.41) is 9.14. The smallest absolute Gasteiger partial charge is 0.315 e. The molecule has 3 rings (SSSR count). The summed E-state index contributed by atoms with van der Waals surface area (Å²) < 4.78 is 19.3. The fraction of sp³-hybridized carbons (Fsp3) is 0.304. The van der Waals surface area contributed by atoms with Gasteiger partial charge in [0.25, 0.3) is 5.91 Å². The highest BCUT2D eigenvalue weighted by Gasteiger charge is 2.18. The van der Waals surface area contributed by atoms with E-state index in [1.54, 1.807) is 31.2 Å². The highest BCUT2D eigenvalue weighted by Crippen LogP contribution is 2.29. The average molecular weight is 411 g/mol. The summed E-state index contributed by atoms with van der Waals surface area (Å²) in [7, 11) is 0. The van der Waals surface area contributed by atoms with Gasteiger partial charge < -0.3 is 20.4 Å². The Morgan fingerprint density at radius 2 is 1.93 bits per heavy atom. The third kappa shape index (κ3) is 4.97. The van der Waals surface area contributed by atoms with Crippen LogP contribution in [0.25, 0.3) is 11.0 Å². The van der Waals surface area contributed by atoms with Crippen LogP contribution in [0.2, 0.25) is 0 Å². The van der Waals surface area contributed by atoms with Crippen LogP contribution in [0.5, 0.6) is 0 Å². The number of rotatable bonds is 7. The molecule has 1 heterocycles. The molecular weight excluding hydrogens is 385 g/mol. The number of aryl methyl sites for hydroxylation is 1. The van der Waals surface area contributed by atoms with Crippen LogP contribution < -0.4 is 16.0 Å². The van der Waals surface area contributed by atoms with Crippen LogP contribution in [0.3, 0.4) is 0 Å². The summed E-state index contributed by atoms with van der Waals surface area (Å²) in [4.78, 5) is 24.4. The number of benzene rings is 2. The molecule has 1 unspecified atom stereocenters. The third-order valence-corrected chi connectivity index (χ3v) is 4.85. The molecular formula is C23H26FN3O3. The molecule has 3 amide bonds. The Hall–Kier alpha value is -3.35. The van der Waals surface area contributed by atoms with E-state index in [9.17, 15) is 14.0 Å². The van der Waals surface area contributed by atoms with Crippen molar-refractivity contribution >= 4 is 22.9 Å². The van der Waals surface area contributed by atoms with Gasteiger partial charge in [-0.15, -0.1) is 0 Å². The molecule has 30 heavy (non-hydrogen) atoms. The number of nitrogens with one attached hydrogen (secondary N) is 3. The second-order valence-corrected chi connectivity index (χ2v) is 7.24. The molecule has 158 valence electrons. The van der Waals surface area contributed by atoms with Crippen molar-refractivity contribution in [2.75, 3.05) is 6.54 Å². The first-order chi connectivity index (χ1) is 14.4. The number of carbonyl (C=O) groups is 2. The number of urea groups is 1. The lowest BCUT2D eigenvalue weighted by atomic mass is 10.1. The van der Waals surface area contributed by atoms with Gasteiger partial charge in [-0.05, 0) is 56.2 Å². The molecule has 3 N–H and O–H groups in total. The van der Waals surface area contributed by atoms with Crippen molar-refractivity contribution in [3.8, 4) is 0 Å². The normalized spacial score (nSPS) is 11.9. The number of fused-ring (bicyclic) bond motifs is 1. The molecule has 7 heteroatoms. The molecule has 1 atom stereocenters. The number of carbonyl (C=O) groups excluding carboxylic acids is 2. The first-order valence-electron chi connectivity index (χ1n) is 9.99. The van der Waals surface area contributed by atoms with E-state index in [2.05, 4.69) is 16.0 Å². The van der Waals surface area contributed by atoms with Gasteiger partial charge >= 0.3 is 6.03 Å². The maximum Gasteiger partial charge on any atom is 0.315 e. The summed E-state index contributed by atoms with van der Waals surface area (Å²) >= 11 is 0. The summed E-state index contributed by atoms with van der Waals surface area (Å²) in [6.45, 7) is 6.53. The van der Waals surface area contributed by atoms with Gasteiger partial charge in [0.2, 0.25) is 0 Å². The lowest BCUT2D eigenvalue weighted by Crippen LogP contribution is -2.36. The molecule has 3 aromatic rings. The number of furan rings is 1. The molecule has 0 fully saturated rings. The van der Waals surface area contributed by atoms with Gasteiger partial charge in [-0.2, -0.15) is 0 Å². The number of hydrogen-bond acceptors (Lipinski definition) is 3. The van der Waals surface area contributed by atoms with E-state index >= 15 is 0 Å². The van der Waals surface area contributed by atoms with Crippen molar-refractivity contribution in [1.29, 1.82) is 0 Å². The molecule has 1 aromatic heterocycles. The van der Waals surface area contributed by atoms with Crippen LogP contribution in [0.4, 0.5) is 9.18 Å². The quantitative estimate of drug-likeness (QED) is 0.532. The molecule has 0 aliphatic heterocycles. The highest BCUT2D eigenvalue weighted by molar-refractivity contribution is 5.94. The van der Waals surface area contributed by atoms with Gasteiger partial charge in [-0.1, -0.05) is 19.1 Å². The first kappa shape index (κ1) is 21.4. The zero-order chi connectivity index (χ0) is 21.7. The Morgan fingerprint density at radius 1 is 1.13 bits per heavy atom. The minimum atomic E-state index is -0.397. The highest BCUT2D eigenvalue weighted by atomic mass is 19.1. The van der Waals surface area contributed by atoms with Crippen molar-refractivity contribution in [1.82, 2.24) is 16.0 Å². The van der Waals surface area contributed by atoms with E-state index in [4.69, 9.17) is 4.42 Å². The zero-order valence-electron chi connectivity index (χ0n) is 17.3. The molecule has 6 nitrogen and oxygen atoms in total. The lowest BCUT2D eigenvalue weighted by Gasteiger charge is -2.14. The van der Waals surface area contributed by atoms with E-state index < -0.39 is 6.04 Å². The fourth-order valence-electron chi connectivity index (χ4n) is 3.28. The largest absolute Gasteiger partial charge is 0.459 e. The van der Waals surface area contributed by atoms with Crippen LogP contribution >= 0.6 is 0 Å². The molecule has 2 aromatic carbocycles. The molecule has 0 saturated heterocycles. The summed E-state index contributed by atoms with van der Waals surface area (Å²) in [6, 6.07) is 10.7. The van der Waals surface area contributed by atoms with Crippen molar-refractivity contribution in [2.24, 2.45) is 0 Å². The van der Waals surface area contributed by atoms with E-state index in [1.807, 2.05) is 19.9 Å². The monoisotopic (exact) mass is 411 g/mol. The van der Waals surface area contributed by atoms with Crippen LogP contribution in [-0.2, 0) is 6.54 Å². The fourth-order valence-corrected chi connectivity index (χ4v) is 3.28. The Labute approximate surface area is 174 Å². The Morgan fingerprint density at radius 3 is 2.70 bits per heavy atom. The minimum Gasteiger partial charge on any atom is -0.459 e. The number of hydrogen-bond donors (Lipinski definition) is 3. The topological polar surface area (TPSA) is 83.4 Å². The van der Waals surface area contributed by atoms with E-state index in [1.165, 1.54) is 12.1 Å². The molecule has 0 spiro atoms. The summed E-state index contributed by atoms with van der Waals surface area (Å²) in [5.74, 6) is 0.121. The maximum absolute atomic E-state index is 13.5. The number of halogens is 1. The van der Waals surface area contributed by atoms with Gasteiger partial charge in [0, 0.05) is 29.6 Å². The van der Waals surface area contributed by atoms with Crippen molar-refractivity contribution in [3.05, 3.63) is 70.7 Å². The van der Waals surface area contributed by atoms with Crippen LogP contribution in [0.15, 0.2) is 46.9 Å². The van der Waals surface area contributed by atoms with Crippen molar-refractivity contribution in [2.45, 2.75) is 39.8 Å². The Kier molecular flexibility index (Phi) is 6.72. The second-order valence-electron chi connectivity index (χ2n) is 7.24. The van der Waals surface area contributed by atoms with Crippen LogP contribution in [-0.4, -0.2) is 18.5 Å². The zero-order valence-corrected chi connectivity index (χ0v) is 17.3. The molecule has 0 aliphatic carbocycles. The summed E-state index contributed by atoms with van der Waals surface area (Å²) in [6.07, 6.45) is 0.866. The van der Waals surface area contributed by atoms with Gasteiger partial charge in [0.1, 0.15) is 17.2 Å². The number of amides is 3. The SMILES string of the molecule is CCCNC(=O)c1cccc(CNC(=O)NC(C)c2oc3ccc(F)cc3c2C)c1. The average Bonchev–Trinajstić information content (AvgIpc) is 3.06. The minimum absolute atomic E-state index is 0.131. The predicted molar refractivity (Wildman–Crippen MR) is 114 cm³/mol. The standard InChI is InChI=1S/C23H26FN3O3/c1-4-10-25-22(28)17-7-5-6-16(11-17)13-26-23(29)27-15(3)21-14(2)19-12-18(24)8-9-20(19)30-21/h5-9,11-12,15H,4,10,13H2,1-3H3,(H,25,28)(H2,26,27,29). The molecule has 0 bridgehead atoms. The first-order valence-corrected chi connectivity index (χ1v) is 9.99. The van der Waals surface area contributed by atoms with Gasteiger partial charge in [-0.25, -0.2) is 9.18 Å². The third-order valence-electron chi connectivity index (χ3n) is 4.85. The molecule has 0 saturated carbocycles. The van der Waals surface area contributed by atoms with Crippen LogP contribution in [0.1, 0.15) is 53.6 Å². The van der Waals surface area contributed by atoms with Gasteiger partial charge in [-0.3, -0.25) is 4.79 Å². The van der Waals surface area contributed by atoms with E-state index in [0.717, 1.165) is 17.5 Å². The molecule has 0 aliphatic rings. The molecule has 0 radical (unpaired) electrons. The predicted octanol–water partition coefficient (Wildman–Crippen LogP) is 4.58. The Balaban J connectivity index is 1.60. The Bertz CT molecular complexity index is 1060.